The van der Waals surface area contributed by atoms with Crippen molar-refractivity contribution in [1.82, 2.24) is 15.8 Å². The van der Waals surface area contributed by atoms with Gasteiger partial charge in [0, 0.05) is 6.04 Å². The molecule has 0 aliphatic heterocycles. The molecular formula is C18H23N3O4. The van der Waals surface area contributed by atoms with Crippen LogP contribution in [-0.4, -0.2) is 29.6 Å². The molecule has 0 radical (unpaired) electrons. The maximum Gasteiger partial charge on any atom is 0.255 e. The van der Waals surface area contributed by atoms with Crippen molar-refractivity contribution in [2.75, 3.05) is 6.54 Å². The van der Waals surface area contributed by atoms with Crippen molar-refractivity contribution in [2.24, 2.45) is 0 Å². The first-order valence-corrected chi connectivity index (χ1v) is 8.09. The smallest absolute Gasteiger partial charge is 0.255 e. The second-order valence-electron chi connectivity index (χ2n) is 5.99. The molecule has 1 aromatic heterocycles. The number of hydrogen-bond donors (Lipinski definition) is 2. The largest absolute Gasteiger partial charge is 0.488 e. The van der Waals surface area contributed by atoms with Crippen molar-refractivity contribution < 1.29 is 18.8 Å². The number of aryl methyl sites for hydroxylation is 2. The number of carbonyl (C=O) groups excluding carboxylic acids is 2. The second kappa shape index (κ2) is 8.32. The summed E-state index contributed by atoms with van der Waals surface area (Å²) in [4.78, 5) is 24.0. The van der Waals surface area contributed by atoms with Crippen LogP contribution in [0.5, 0.6) is 5.75 Å². The number of aromatic nitrogens is 1. The van der Waals surface area contributed by atoms with Gasteiger partial charge in [-0.2, -0.15) is 0 Å². The summed E-state index contributed by atoms with van der Waals surface area (Å²) in [5.74, 6) is 0.514. The van der Waals surface area contributed by atoms with Crippen molar-refractivity contribution in [3.05, 3.63) is 46.8 Å². The lowest BCUT2D eigenvalue weighted by Gasteiger charge is -2.12. The SMILES string of the molecule is Cc1noc(C)c1COc1ccccc1C(=O)NCC(=O)NC(C)C. The highest BCUT2D eigenvalue weighted by molar-refractivity contribution is 5.98. The zero-order valence-corrected chi connectivity index (χ0v) is 14.9. The predicted octanol–water partition coefficient (Wildman–Crippen LogP) is 2.12. The van der Waals surface area contributed by atoms with Gasteiger partial charge in [0.2, 0.25) is 5.91 Å². The first-order chi connectivity index (χ1) is 11.9. The Balaban J connectivity index is 2.02. The monoisotopic (exact) mass is 345 g/mol. The van der Waals surface area contributed by atoms with Crippen LogP contribution >= 0.6 is 0 Å². The number of nitrogens with zero attached hydrogens (tertiary/aromatic N) is 1. The van der Waals surface area contributed by atoms with Crippen LogP contribution in [0.15, 0.2) is 28.8 Å². The molecule has 1 aromatic carbocycles. The number of para-hydroxylation sites is 1. The van der Waals surface area contributed by atoms with Gasteiger partial charge in [-0.05, 0) is 39.8 Å². The summed E-state index contributed by atoms with van der Waals surface area (Å²) in [6, 6.07) is 6.91. The van der Waals surface area contributed by atoms with Crippen molar-refractivity contribution >= 4 is 11.8 Å². The van der Waals surface area contributed by atoms with Crippen LogP contribution in [0.1, 0.15) is 41.2 Å². The van der Waals surface area contributed by atoms with E-state index in [-0.39, 0.29) is 31.0 Å². The number of ether oxygens (including phenoxy) is 1. The van der Waals surface area contributed by atoms with Gasteiger partial charge in [0.15, 0.2) is 0 Å². The number of nitrogens with one attached hydrogen (secondary N) is 2. The molecule has 0 aliphatic carbocycles. The molecule has 0 fully saturated rings. The third-order valence-corrected chi connectivity index (χ3v) is 3.54. The molecule has 0 atom stereocenters. The van der Waals surface area contributed by atoms with Gasteiger partial charge in [-0.3, -0.25) is 9.59 Å². The number of amides is 2. The molecule has 0 bridgehead atoms. The highest BCUT2D eigenvalue weighted by atomic mass is 16.5. The Morgan fingerprint density at radius 3 is 2.60 bits per heavy atom. The molecule has 0 spiro atoms. The molecule has 0 unspecified atom stereocenters. The Labute approximate surface area is 146 Å². The lowest BCUT2D eigenvalue weighted by Crippen LogP contribution is -2.39. The van der Waals surface area contributed by atoms with Crippen molar-refractivity contribution in [1.29, 1.82) is 0 Å². The molecule has 2 aromatic rings. The highest BCUT2D eigenvalue weighted by Crippen LogP contribution is 2.21. The minimum atomic E-state index is -0.367. The van der Waals surface area contributed by atoms with E-state index in [9.17, 15) is 9.59 Å². The first kappa shape index (κ1) is 18.5. The van der Waals surface area contributed by atoms with E-state index < -0.39 is 0 Å². The van der Waals surface area contributed by atoms with Crippen molar-refractivity contribution in [3.8, 4) is 5.75 Å². The summed E-state index contributed by atoms with van der Waals surface area (Å²) in [7, 11) is 0. The second-order valence-corrected chi connectivity index (χ2v) is 5.99. The van der Waals surface area contributed by atoms with E-state index in [1.54, 1.807) is 24.3 Å². The third-order valence-electron chi connectivity index (χ3n) is 3.54. The Kier molecular flexibility index (Phi) is 6.16. The average molecular weight is 345 g/mol. The fourth-order valence-electron chi connectivity index (χ4n) is 2.27. The van der Waals surface area contributed by atoms with Crippen molar-refractivity contribution in [3.63, 3.8) is 0 Å². The predicted molar refractivity (Wildman–Crippen MR) is 92.4 cm³/mol. The molecule has 7 heteroatoms. The number of hydrogen-bond acceptors (Lipinski definition) is 5. The Hall–Kier alpha value is -2.83. The van der Waals surface area contributed by atoms with Gasteiger partial charge in [0.25, 0.3) is 5.91 Å². The summed E-state index contributed by atoms with van der Waals surface area (Å²) in [5.41, 5.74) is 1.97. The van der Waals surface area contributed by atoms with Gasteiger partial charge in [0.1, 0.15) is 18.1 Å². The van der Waals surface area contributed by atoms with Gasteiger partial charge in [-0.15, -0.1) is 0 Å². The van der Waals surface area contributed by atoms with E-state index in [1.807, 2.05) is 27.7 Å². The lowest BCUT2D eigenvalue weighted by molar-refractivity contribution is -0.120. The molecule has 25 heavy (non-hydrogen) atoms. The minimum absolute atomic E-state index is 0.0232. The van der Waals surface area contributed by atoms with Gasteiger partial charge >= 0.3 is 0 Å². The van der Waals surface area contributed by atoms with E-state index >= 15 is 0 Å². The van der Waals surface area contributed by atoms with Gasteiger partial charge < -0.3 is 19.9 Å². The van der Waals surface area contributed by atoms with Gasteiger partial charge in [0.05, 0.1) is 23.4 Å². The van der Waals surface area contributed by atoms with E-state index in [4.69, 9.17) is 9.26 Å². The van der Waals surface area contributed by atoms with Crippen molar-refractivity contribution in [2.45, 2.75) is 40.3 Å². The van der Waals surface area contributed by atoms with E-state index in [2.05, 4.69) is 15.8 Å². The molecular weight excluding hydrogens is 322 g/mol. The Bertz CT molecular complexity index is 733. The average Bonchev–Trinajstić information content (AvgIpc) is 2.89. The molecule has 134 valence electrons. The van der Waals surface area contributed by atoms with Crippen LogP contribution in [0.2, 0.25) is 0 Å². The molecule has 7 nitrogen and oxygen atoms in total. The first-order valence-electron chi connectivity index (χ1n) is 8.09. The van der Waals surface area contributed by atoms with Crippen LogP contribution in [-0.2, 0) is 11.4 Å². The quantitative estimate of drug-likeness (QED) is 0.802. The summed E-state index contributed by atoms with van der Waals surface area (Å²) in [5, 5.41) is 9.20. The van der Waals surface area contributed by atoms with E-state index in [0.717, 1.165) is 11.3 Å². The summed E-state index contributed by atoms with van der Waals surface area (Å²) in [6.45, 7) is 7.52. The maximum atomic E-state index is 12.3. The maximum absolute atomic E-state index is 12.3. The fraction of sp³-hybridized carbons (Fsp3) is 0.389. The van der Waals surface area contributed by atoms with E-state index in [1.165, 1.54) is 0 Å². The summed E-state index contributed by atoms with van der Waals surface area (Å²) >= 11 is 0. The van der Waals surface area contributed by atoms with Gasteiger partial charge in [-0.1, -0.05) is 17.3 Å². The molecule has 0 saturated heterocycles. The number of rotatable bonds is 7. The fourth-order valence-corrected chi connectivity index (χ4v) is 2.27. The normalized spacial score (nSPS) is 10.6. The van der Waals surface area contributed by atoms with E-state index in [0.29, 0.717) is 17.1 Å². The van der Waals surface area contributed by atoms with Crippen LogP contribution in [0.4, 0.5) is 0 Å². The lowest BCUT2D eigenvalue weighted by atomic mass is 10.2. The summed E-state index contributed by atoms with van der Waals surface area (Å²) < 4.78 is 10.9. The molecule has 2 rings (SSSR count). The highest BCUT2D eigenvalue weighted by Gasteiger charge is 2.15. The standard InChI is InChI=1S/C18H23N3O4/c1-11(2)20-17(22)9-19-18(23)14-7-5-6-8-16(14)24-10-15-12(3)21-25-13(15)4/h5-8,11H,9-10H2,1-4H3,(H,19,23)(H,20,22). The van der Waals surface area contributed by atoms with Crippen LogP contribution in [0, 0.1) is 13.8 Å². The number of carbonyl (C=O) groups is 2. The number of benzene rings is 1. The van der Waals surface area contributed by atoms with Crippen LogP contribution < -0.4 is 15.4 Å². The third kappa shape index (κ3) is 5.07. The Morgan fingerprint density at radius 2 is 1.96 bits per heavy atom. The summed E-state index contributed by atoms with van der Waals surface area (Å²) in [6.07, 6.45) is 0. The molecule has 2 N–H and O–H groups in total. The molecule has 0 aliphatic rings. The molecule has 2 amide bonds. The molecule has 0 saturated carbocycles. The van der Waals surface area contributed by atoms with Crippen LogP contribution in [0.25, 0.3) is 0 Å². The molecule has 1 heterocycles. The minimum Gasteiger partial charge on any atom is -0.488 e. The van der Waals surface area contributed by atoms with Gasteiger partial charge in [-0.25, -0.2) is 0 Å². The van der Waals surface area contributed by atoms with Crippen LogP contribution in [0.3, 0.4) is 0 Å². The topological polar surface area (TPSA) is 93.5 Å². The zero-order chi connectivity index (χ0) is 18.4. The Morgan fingerprint density at radius 1 is 1.24 bits per heavy atom. The zero-order valence-electron chi connectivity index (χ0n) is 14.9.